The highest BCUT2D eigenvalue weighted by molar-refractivity contribution is 5.65. The van der Waals surface area contributed by atoms with Crippen LogP contribution >= 0.6 is 0 Å². The van der Waals surface area contributed by atoms with E-state index >= 15 is 0 Å². The minimum atomic E-state index is -0.708. The van der Waals surface area contributed by atoms with Crippen molar-refractivity contribution in [2.24, 2.45) is 28.1 Å². The van der Waals surface area contributed by atoms with Gasteiger partial charge in [0, 0.05) is 18.9 Å². The Hall–Kier alpha value is -0.910. The fraction of sp³-hybridized carbons (Fsp3) is 0.864. The third kappa shape index (κ3) is 3.58. The van der Waals surface area contributed by atoms with E-state index in [0.29, 0.717) is 18.3 Å². The fourth-order valence-corrected chi connectivity index (χ4v) is 6.63. The number of aliphatic hydroxyl groups is 3. The second-order valence-corrected chi connectivity index (χ2v) is 10.1. The predicted molar refractivity (Wildman–Crippen MR) is 103 cm³/mol. The van der Waals surface area contributed by atoms with Gasteiger partial charge in [-0.2, -0.15) is 0 Å². The van der Waals surface area contributed by atoms with Crippen LogP contribution in [0.1, 0.15) is 66.2 Å². The van der Waals surface area contributed by atoms with Gasteiger partial charge in [0.2, 0.25) is 0 Å². The molecule has 0 spiro atoms. The maximum atomic E-state index is 11.1. The molecule has 3 aliphatic carbocycles. The molecule has 27 heavy (non-hydrogen) atoms. The van der Waals surface area contributed by atoms with Crippen molar-refractivity contribution in [3.8, 4) is 0 Å². The monoisotopic (exact) mass is 380 g/mol. The summed E-state index contributed by atoms with van der Waals surface area (Å²) in [6, 6.07) is 0. The van der Waals surface area contributed by atoms with E-state index < -0.39 is 11.5 Å². The molecule has 0 bridgehead atoms. The molecule has 3 aliphatic rings. The van der Waals surface area contributed by atoms with E-state index in [4.69, 9.17) is 4.74 Å². The first kappa shape index (κ1) is 20.8. The predicted octanol–water partition coefficient (Wildman–Crippen LogP) is 2.82. The third-order valence-electron chi connectivity index (χ3n) is 8.03. The zero-order valence-corrected chi connectivity index (χ0v) is 17.2. The molecule has 7 atom stereocenters. The first-order chi connectivity index (χ1) is 12.5. The highest BCUT2D eigenvalue weighted by Crippen LogP contribution is 2.63. The molecular weight excluding hydrogens is 344 g/mol. The van der Waals surface area contributed by atoms with Crippen LogP contribution in [0.4, 0.5) is 0 Å². The molecule has 0 aliphatic heterocycles. The normalized spacial score (nSPS) is 45.3. The quantitative estimate of drug-likeness (QED) is 0.516. The molecule has 0 amide bonds. The van der Waals surface area contributed by atoms with E-state index in [1.54, 1.807) is 0 Å². The molecule has 0 heterocycles. The summed E-state index contributed by atoms with van der Waals surface area (Å²) >= 11 is 0. The maximum Gasteiger partial charge on any atom is 0.302 e. The molecule has 2 saturated carbocycles. The molecule has 5 heteroatoms. The van der Waals surface area contributed by atoms with Gasteiger partial charge in [-0.05, 0) is 61.2 Å². The van der Waals surface area contributed by atoms with Crippen molar-refractivity contribution >= 4 is 5.97 Å². The van der Waals surface area contributed by atoms with Gasteiger partial charge in [0.15, 0.2) is 0 Å². The molecule has 0 aromatic heterocycles. The molecule has 0 aromatic rings. The molecule has 0 unspecified atom stereocenters. The summed E-state index contributed by atoms with van der Waals surface area (Å²) in [6.45, 7) is 7.98. The van der Waals surface area contributed by atoms with Crippen molar-refractivity contribution in [1.82, 2.24) is 0 Å². The lowest BCUT2D eigenvalue weighted by Gasteiger charge is -2.61. The van der Waals surface area contributed by atoms with E-state index in [9.17, 15) is 20.1 Å². The number of ether oxygens (including phenoxy) is 1. The van der Waals surface area contributed by atoms with E-state index in [1.165, 1.54) is 12.5 Å². The Bertz CT molecular complexity index is 616. The van der Waals surface area contributed by atoms with Crippen LogP contribution in [0.15, 0.2) is 11.6 Å². The number of hydrogen-bond acceptors (Lipinski definition) is 5. The minimum absolute atomic E-state index is 0.0264. The number of aliphatic hydroxyl groups excluding tert-OH is 3. The van der Waals surface area contributed by atoms with Crippen molar-refractivity contribution in [2.45, 2.75) is 78.4 Å². The Morgan fingerprint density at radius 3 is 2.63 bits per heavy atom. The Labute approximate surface area is 162 Å². The molecule has 3 N–H and O–H groups in total. The molecule has 0 saturated heterocycles. The Morgan fingerprint density at radius 1 is 1.30 bits per heavy atom. The van der Waals surface area contributed by atoms with Crippen molar-refractivity contribution in [3.63, 3.8) is 0 Å². The van der Waals surface area contributed by atoms with Crippen LogP contribution in [0.2, 0.25) is 0 Å². The molecule has 0 aromatic carbocycles. The molecule has 3 rings (SSSR count). The Morgan fingerprint density at radius 2 is 2.00 bits per heavy atom. The summed E-state index contributed by atoms with van der Waals surface area (Å²) in [5.74, 6) is 0.411. The number of allylic oxidation sites excluding steroid dienone is 1. The van der Waals surface area contributed by atoms with E-state index in [-0.39, 0.29) is 36.1 Å². The van der Waals surface area contributed by atoms with Gasteiger partial charge in [-0.1, -0.05) is 32.4 Å². The summed E-state index contributed by atoms with van der Waals surface area (Å²) in [7, 11) is 0. The summed E-state index contributed by atoms with van der Waals surface area (Å²) in [6.07, 6.45) is 6.39. The van der Waals surface area contributed by atoms with E-state index in [2.05, 4.69) is 19.9 Å². The maximum absolute atomic E-state index is 11.1. The SMILES string of the molecule is CC(=O)OC[C@H](O)[C@]1(C)C=C2CC[C@@H]3[C@](C)(CO)C[C@H](O)C[C@@]3(C)[C@@H]2CC1. The van der Waals surface area contributed by atoms with E-state index in [0.717, 1.165) is 32.1 Å². The highest BCUT2D eigenvalue weighted by Gasteiger charge is 2.58. The van der Waals surface area contributed by atoms with Gasteiger partial charge in [0.05, 0.1) is 12.2 Å². The number of esters is 1. The molecule has 0 radical (unpaired) electrons. The second kappa shape index (κ2) is 7.16. The van der Waals surface area contributed by atoms with Gasteiger partial charge in [-0.15, -0.1) is 0 Å². The van der Waals surface area contributed by atoms with Gasteiger partial charge in [-0.3, -0.25) is 4.79 Å². The van der Waals surface area contributed by atoms with Crippen molar-refractivity contribution in [1.29, 1.82) is 0 Å². The third-order valence-corrected chi connectivity index (χ3v) is 8.03. The van der Waals surface area contributed by atoms with Gasteiger partial charge in [0.25, 0.3) is 0 Å². The van der Waals surface area contributed by atoms with Crippen LogP contribution in [0.25, 0.3) is 0 Å². The topological polar surface area (TPSA) is 87.0 Å². The molecule has 5 nitrogen and oxygen atoms in total. The van der Waals surface area contributed by atoms with Crippen LogP contribution in [0.3, 0.4) is 0 Å². The lowest BCUT2D eigenvalue weighted by Crippen LogP contribution is -2.56. The van der Waals surface area contributed by atoms with Gasteiger partial charge < -0.3 is 20.1 Å². The highest BCUT2D eigenvalue weighted by atomic mass is 16.5. The van der Waals surface area contributed by atoms with Crippen molar-refractivity contribution in [3.05, 3.63) is 11.6 Å². The second-order valence-electron chi connectivity index (χ2n) is 10.1. The smallest absolute Gasteiger partial charge is 0.302 e. The summed E-state index contributed by atoms with van der Waals surface area (Å²) in [5.41, 5.74) is 0.728. The van der Waals surface area contributed by atoms with Gasteiger partial charge >= 0.3 is 5.97 Å². The first-order valence-corrected chi connectivity index (χ1v) is 10.4. The summed E-state index contributed by atoms with van der Waals surface area (Å²) in [5, 5.41) is 31.3. The van der Waals surface area contributed by atoms with Gasteiger partial charge in [-0.25, -0.2) is 0 Å². The van der Waals surface area contributed by atoms with E-state index in [1.807, 2.05) is 6.92 Å². The van der Waals surface area contributed by atoms with Crippen LogP contribution in [0.5, 0.6) is 0 Å². The lowest BCUT2D eigenvalue weighted by atomic mass is 9.44. The standard InChI is InChI=1S/C22H36O5/c1-14(24)27-12-19(26)20(2)8-7-17-15(9-20)5-6-18-21(3,13-23)10-16(25)11-22(17,18)4/h9,16-19,23,25-26H,5-8,10-13H2,1-4H3/t16-,17+,18+,19-,20-,21-,22-/m0/s1. The van der Waals surface area contributed by atoms with Gasteiger partial charge in [0.1, 0.15) is 6.61 Å². The summed E-state index contributed by atoms with van der Waals surface area (Å²) < 4.78 is 5.04. The minimum Gasteiger partial charge on any atom is -0.463 e. The van der Waals surface area contributed by atoms with Crippen LogP contribution in [0, 0.1) is 28.1 Å². The number of hydrogen-bond donors (Lipinski definition) is 3. The number of carbonyl (C=O) groups is 1. The molecule has 154 valence electrons. The Kier molecular flexibility index (Phi) is 5.52. The van der Waals surface area contributed by atoms with Crippen LogP contribution in [-0.2, 0) is 9.53 Å². The fourth-order valence-electron chi connectivity index (χ4n) is 6.63. The van der Waals surface area contributed by atoms with Crippen molar-refractivity contribution in [2.75, 3.05) is 13.2 Å². The average Bonchev–Trinajstić information content (AvgIpc) is 2.58. The van der Waals surface area contributed by atoms with Crippen LogP contribution in [-0.4, -0.2) is 46.7 Å². The van der Waals surface area contributed by atoms with Crippen LogP contribution < -0.4 is 0 Å². The Balaban J connectivity index is 1.86. The number of fused-ring (bicyclic) bond motifs is 3. The lowest BCUT2D eigenvalue weighted by molar-refractivity contribution is -0.147. The zero-order valence-electron chi connectivity index (χ0n) is 17.2. The largest absolute Gasteiger partial charge is 0.463 e. The number of rotatable bonds is 4. The summed E-state index contributed by atoms with van der Waals surface area (Å²) in [4.78, 5) is 11.1. The van der Waals surface area contributed by atoms with Crippen molar-refractivity contribution < 1.29 is 24.9 Å². The molecule has 2 fully saturated rings. The average molecular weight is 381 g/mol. The molecular formula is C22H36O5. The number of carbonyl (C=O) groups excluding carboxylic acids is 1. The first-order valence-electron chi connectivity index (χ1n) is 10.4. The zero-order chi connectivity index (χ0) is 20.0.